The molecule has 1 unspecified atom stereocenters. The first-order valence-electron chi connectivity index (χ1n) is 5.90. The van der Waals surface area contributed by atoms with Crippen molar-refractivity contribution in [1.29, 1.82) is 0 Å². The maximum absolute atomic E-state index is 11.9. The van der Waals surface area contributed by atoms with Gasteiger partial charge in [0.2, 0.25) is 10.0 Å². The van der Waals surface area contributed by atoms with E-state index in [1.807, 2.05) is 7.05 Å². The average molecular weight is 257 g/mol. The van der Waals surface area contributed by atoms with Gasteiger partial charge in [-0.2, -0.15) is 0 Å². The standard InChI is InChI=1S/C11H19N3O2S/c1-14-6-4-11(9-14)17(15,16)13-8-10-3-2-5-12-7-10/h4,6,9-10,12-13H,2-3,5,7-8H2,1H3. The quantitative estimate of drug-likeness (QED) is 0.815. The molecule has 0 saturated carbocycles. The van der Waals surface area contributed by atoms with Crippen LogP contribution in [0.25, 0.3) is 0 Å². The molecule has 2 rings (SSSR count). The van der Waals surface area contributed by atoms with E-state index in [-0.39, 0.29) is 0 Å². The molecule has 1 aromatic rings. The molecular formula is C11H19N3O2S. The summed E-state index contributed by atoms with van der Waals surface area (Å²) in [7, 11) is -1.53. The molecule has 1 fully saturated rings. The minimum atomic E-state index is -3.34. The largest absolute Gasteiger partial charge is 0.356 e. The Hall–Kier alpha value is -0.850. The number of hydrogen-bond acceptors (Lipinski definition) is 3. The molecule has 0 radical (unpaired) electrons. The molecule has 1 aliphatic rings. The third kappa shape index (κ3) is 3.31. The van der Waals surface area contributed by atoms with Gasteiger partial charge >= 0.3 is 0 Å². The highest BCUT2D eigenvalue weighted by molar-refractivity contribution is 7.89. The normalized spacial score (nSPS) is 21.6. The number of sulfonamides is 1. The van der Waals surface area contributed by atoms with Gasteiger partial charge in [-0.05, 0) is 37.9 Å². The van der Waals surface area contributed by atoms with Crippen LogP contribution >= 0.6 is 0 Å². The summed E-state index contributed by atoms with van der Waals surface area (Å²) in [5.74, 6) is 0.405. The molecule has 1 atom stereocenters. The summed E-state index contributed by atoms with van der Waals surface area (Å²) in [6.45, 7) is 2.46. The highest BCUT2D eigenvalue weighted by Crippen LogP contribution is 2.12. The first-order valence-corrected chi connectivity index (χ1v) is 7.38. The highest BCUT2D eigenvalue weighted by Gasteiger charge is 2.19. The Bertz CT molecular complexity index is 461. The fraction of sp³-hybridized carbons (Fsp3) is 0.636. The SMILES string of the molecule is Cn1ccc(S(=O)(=O)NCC2CCCNC2)c1. The molecule has 0 spiro atoms. The molecule has 6 heteroatoms. The van der Waals surface area contributed by atoms with Crippen LogP contribution in [0.1, 0.15) is 12.8 Å². The van der Waals surface area contributed by atoms with Crippen molar-refractivity contribution in [3.05, 3.63) is 18.5 Å². The molecule has 2 heterocycles. The molecule has 0 aromatic carbocycles. The van der Waals surface area contributed by atoms with Crippen molar-refractivity contribution in [3.8, 4) is 0 Å². The van der Waals surface area contributed by atoms with Crippen LogP contribution < -0.4 is 10.0 Å². The van der Waals surface area contributed by atoms with E-state index >= 15 is 0 Å². The number of piperidine rings is 1. The molecule has 1 saturated heterocycles. The van der Waals surface area contributed by atoms with Crippen LogP contribution in [0.2, 0.25) is 0 Å². The Morgan fingerprint density at radius 1 is 1.59 bits per heavy atom. The molecule has 2 N–H and O–H groups in total. The molecule has 0 bridgehead atoms. The summed E-state index contributed by atoms with van der Waals surface area (Å²) in [5, 5.41) is 3.28. The summed E-state index contributed by atoms with van der Waals surface area (Å²) in [6.07, 6.45) is 5.56. The van der Waals surface area contributed by atoms with Gasteiger partial charge in [-0.3, -0.25) is 0 Å². The van der Waals surface area contributed by atoms with Gasteiger partial charge in [0.15, 0.2) is 0 Å². The topological polar surface area (TPSA) is 63.1 Å². The summed E-state index contributed by atoms with van der Waals surface area (Å²) >= 11 is 0. The minimum absolute atomic E-state index is 0.337. The van der Waals surface area contributed by atoms with E-state index in [9.17, 15) is 8.42 Å². The van der Waals surface area contributed by atoms with Gasteiger partial charge in [0.25, 0.3) is 0 Å². The van der Waals surface area contributed by atoms with E-state index in [1.54, 1.807) is 23.0 Å². The fourth-order valence-corrected chi connectivity index (χ4v) is 3.21. The fourth-order valence-electron chi connectivity index (χ4n) is 2.05. The van der Waals surface area contributed by atoms with Crippen molar-refractivity contribution in [2.24, 2.45) is 13.0 Å². The number of rotatable bonds is 4. The van der Waals surface area contributed by atoms with Crippen molar-refractivity contribution in [2.75, 3.05) is 19.6 Å². The summed E-state index contributed by atoms with van der Waals surface area (Å²) < 4.78 is 28.3. The van der Waals surface area contributed by atoms with Crippen molar-refractivity contribution < 1.29 is 8.42 Å². The van der Waals surface area contributed by atoms with E-state index in [4.69, 9.17) is 0 Å². The first-order chi connectivity index (χ1) is 8.08. The van der Waals surface area contributed by atoms with Gasteiger partial charge < -0.3 is 9.88 Å². The zero-order valence-corrected chi connectivity index (χ0v) is 10.8. The average Bonchev–Trinajstić information content (AvgIpc) is 2.76. The predicted octanol–water partition coefficient (Wildman–Crippen LogP) is 0.303. The summed E-state index contributed by atoms with van der Waals surface area (Å²) in [4.78, 5) is 0.337. The Morgan fingerprint density at radius 3 is 3.00 bits per heavy atom. The number of hydrogen-bond donors (Lipinski definition) is 2. The molecule has 1 aromatic heterocycles. The first kappa shape index (κ1) is 12.6. The van der Waals surface area contributed by atoms with Crippen LogP contribution in [0.15, 0.2) is 23.4 Å². The van der Waals surface area contributed by atoms with Crippen LogP contribution in [0.3, 0.4) is 0 Å². The second-order valence-corrected chi connectivity index (χ2v) is 6.34. The number of nitrogens with zero attached hydrogens (tertiary/aromatic N) is 1. The van der Waals surface area contributed by atoms with Gasteiger partial charge in [-0.25, -0.2) is 13.1 Å². The number of aryl methyl sites for hydroxylation is 1. The van der Waals surface area contributed by atoms with Crippen LogP contribution in [-0.2, 0) is 17.1 Å². The second kappa shape index (κ2) is 5.20. The lowest BCUT2D eigenvalue weighted by Crippen LogP contribution is -2.38. The molecule has 17 heavy (non-hydrogen) atoms. The predicted molar refractivity (Wildman–Crippen MR) is 66.2 cm³/mol. The number of aromatic nitrogens is 1. The molecule has 5 nitrogen and oxygen atoms in total. The Balaban J connectivity index is 1.93. The molecule has 96 valence electrons. The minimum Gasteiger partial charge on any atom is -0.356 e. The third-order valence-electron chi connectivity index (χ3n) is 3.08. The van der Waals surface area contributed by atoms with E-state index in [0.29, 0.717) is 17.4 Å². The lowest BCUT2D eigenvalue weighted by molar-refractivity contribution is 0.376. The number of nitrogens with one attached hydrogen (secondary N) is 2. The van der Waals surface area contributed by atoms with E-state index in [1.165, 1.54) is 0 Å². The molecule has 0 amide bonds. The van der Waals surface area contributed by atoms with E-state index in [0.717, 1.165) is 25.9 Å². The Labute approximate surface area is 102 Å². The van der Waals surface area contributed by atoms with Crippen molar-refractivity contribution in [2.45, 2.75) is 17.7 Å². The van der Waals surface area contributed by atoms with Crippen molar-refractivity contribution >= 4 is 10.0 Å². The maximum Gasteiger partial charge on any atom is 0.242 e. The smallest absolute Gasteiger partial charge is 0.242 e. The zero-order chi connectivity index (χ0) is 12.3. The van der Waals surface area contributed by atoms with Crippen LogP contribution in [0.5, 0.6) is 0 Å². The van der Waals surface area contributed by atoms with Gasteiger partial charge in [-0.1, -0.05) is 0 Å². The van der Waals surface area contributed by atoms with Gasteiger partial charge in [0, 0.05) is 26.0 Å². The maximum atomic E-state index is 11.9. The van der Waals surface area contributed by atoms with Gasteiger partial charge in [0.1, 0.15) is 0 Å². The second-order valence-electron chi connectivity index (χ2n) is 4.58. The molecule has 0 aliphatic carbocycles. The third-order valence-corrected chi connectivity index (χ3v) is 4.48. The lowest BCUT2D eigenvalue weighted by Gasteiger charge is -2.22. The molecular weight excluding hydrogens is 238 g/mol. The van der Waals surface area contributed by atoms with E-state index in [2.05, 4.69) is 10.0 Å². The Kier molecular flexibility index (Phi) is 3.86. The highest BCUT2D eigenvalue weighted by atomic mass is 32.2. The van der Waals surface area contributed by atoms with Crippen molar-refractivity contribution in [1.82, 2.24) is 14.6 Å². The summed E-state index contributed by atoms with van der Waals surface area (Å²) in [6, 6.07) is 1.61. The summed E-state index contributed by atoms with van der Waals surface area (Å²) in [5.41, 5.74) is 0. The zero-order valence-electron chi connectivity index (χ0n) is 10.0. The van der Waals surface area contributed by atoms with Crippen LogP contribution in [0, 0.1) is 5.92 Å². The Morgan fingerprint density at radius 2 is 2.41 bits per heavy atom. The van der Waals surface area contributed by atoms with Gasteiger partial charge in [-0.15, -0.1) is 0 Å². The van der Waals surface area contributed by atoms with E-state index < -0.39 is 10.0 Å². The molecule has 1 aliphatic heterocycles. The van der Waals surface area contributed by atoms with Crippen molar-refractivity contribution in [3.63, 3.8) is 0 Å². The lowest BCUT2D eigenvalue weighted by atomic mass is 10.0. The van der Waals surface area contributed by atoms with Gasteiger partial charge in [0.05, 0.1) is 4.90 Å². The monoisotopic (exact) mass is 257 g/mol. The van der Waals surface area contributed by atoms with Crippen LogP contribution in [0.4, 0.5) is 0 Å². The van der Waals surface area contributed by atoms with Crippen LogP contribution in [-0.4, -0.2) is 32.6 Å².